The third kappa shape index (κ3) is 4.10. The molecule has 1 N–H and O–H groups in total. The van der Waals surface area contributed by atoms with Crippen LogP contribution in [0.3, 0.4) is 0 Å². The normalized spacial score (nSPS) is 16.7. The Balaban J connectivity index is 1.57. The van der Waals surface area contributed by atoms with Crippen molar-refractivity contribution in [3.8, 4) is 5.75 Å². The van der Waals surface area contributed by atoms with E-state index in [0.29, 0.717) is 24.6 Å². The number of aryl methyl sites for hydroxylation is 1. The Morgan fingerprint density at radius 3 is 2.55 bits per heavy atom. The third-order valence-corrected chi connectivity index (χ3v) is 7.02. The van der Waals surface area contributed by atoms with Gasteiger partial charge < -0.3 is 9.64 Å². The average Bonchev–Trinajstić information content (AvgIpc) is 2.66. The standard InChI is InChI=1S/C22H26N2O4S/c1-2-28-19-10-12-20(13-11-19)29(26,27)23-18-9-8-16-7-4-14-24(21(16)15-18)22(25)17-5-3-6-17/h8-13,15,17,23H,2-7,14H2,1H3. The first-order chi connectivity index (χ1) is 14.0. The predicted octanol–water partition coefficient (Wildman–Crippen LogP) is 3.97. The van der Waals surface area contributed by atoms with Gasteiger partial charge in [0.25, 0.3) is 10.0 Å². The maximum atomic E-state index is 12.8. The van der Waals surface area contributed by atoms with E-state index in [1.54, 1.807) is 24.3 Å². The fraction of sp³-hybridized carbons (Fsp3) is 0.409. The second kappa shape index (κ2) is 8.06. The first kappa shape index (κ1) is 19.8. The summed E-state index contributed by atoms with van der Waals surface area (Å²) in [4.78, 5) is 14.8. The van der Waals surface area contributed by atoms with Crippen LogP contribution in [-0.2, 0) is 21.2 Å². The maximum Gasteiger partial charge on any atom is 0.261 e. The lowest BCUT2D eigenvalue weighted by molar-refractivity contribution is -0.124. The zero-order chi connectivity index (χ0) is 20.4. The van der Waals surface area contributed by atoms with Gasteiger partial charge in [0, 0.05) is 18.2 Å². The van der Waals surface area contributed by atoms with Crippen LogP contribution in [0.4, 0.5) is 11.4 Å². The van der Waals surface area contributed by atoms with Crippen LogP contribution in [0.2, 0.25) is 0 Å². The van der Waals surface area contributed by atoms with Crippen LogP contribution in [0.1, 0.15) is 38.2 Å². The quantitative estimate of drug-likeness (QED) is 0.776. The van der Waals surface area contributed by atoms with Crippen LogP contribution in [0.5, 0.6) is 5.75 Å². The van der Waals surface area contributed by atoms with Gasteiger partial charge in [0.05, 0.1) is 17.2 Å². The van der Waals surface area contributed by atoms with Gasteiger partial charge in [-0.1, -0.05) is 12.5 Å². The van der Waals surface area contributed by atoms with Crippen molar-refractivity contribution in [2.75, 3.05) is 22.8 Å². The number of ether oxygens (including phenoxy) is 1. The predicted molar refractivity (Wildman–Crippen MR) is 113 cm³/mol. The minimum atomic E-state index is -3.73. The molecule has 1 saturated carbocycles. The number of fused-ring (bicyclic) bond motifs is 1. The smallest absolute Gasteiger partial charge is 0.261 e. The molecule has 0 spiro atoms. The lowest BCUT2D eigenvalue weighted by Gasteiger charge is -2.35. The Morgan fingerprint density at radius 1 is 1.14 bits per heavy atom. The minimum Gasteiger partial charge on any atom is -0.494 e. The molecular weight excluding hydrogens is 388 g/mol. The van der Waals surface area contributed by atoms with E-state index in [1.165, 1.54) is 12.1 Å². The van der Waals surface area contributed by atoms with E-state index in [4.69, 9.17) is 4.74 Å². The molecule has 29 heavy (non-hydrogen) atoms. The van der Waals surface area contributed by atoms with Gasteiger partial charge in [-0.2, -0.15) is 0 Å². The lowest BCUT2D eigenvalue weighted by atomic mass is 9.83. The number of benzene rings is 2. The van der Waals surface area contributed by atoms with Crippen molar-refractivity contribution >= 4 is 27.3 Å². The molecule has 0 radical (unpaired) electrons. The highest BCUT2D eigenvalue weighted by atomic mass is 32.2. The van der Waals surface area contributed by atoms with Gasteiger partial charge in [-0.05, 0) is 74.6 Å². The van der Waals surface area contributed by atoms with E-state index >= 15 is 0 Å². The van der Waals surface area contributed by atoms with Crippen molar-refractivity contribution in [1.82, 2.24) is 0 Å². The molecule has 2 aliphatic rings. The van der Waals surface area contributed by atoms with Crippen molar-refractivity contribution in [3.05, 3.63) is 48.0 Å². The molecule has 0 saturated heterocycles. The van der Waals surface area contributed by atoms with E-state index in [9.17, 15) is 13.2 Å². The largest absolute Gasteiger partial charge is 0.494 e. The summed E-state index contributed by atoms with van der Waals surface area (Å²) in [5.41, 5.74) is 2.39. The summed E-state index contributed by atoms with van der Waals surface area (Å²) >= 11 is 0. The SMILES string of the molecule is CCOc1ccc(S(=O)(=O)Nc2ccc3c(c2)N(C(=O)C2CCC2)CCC3)cc1. The molecule has 2 aromatic rings. The van der Waals surface area contributed by atoms with Crippen LogP contribution < -0.4 is 14.4 Å². The van der Waals surface area contributed by atoms with Crippen LogP contribution in [0.25, 0.3) is 0 Å². The van der Waals surface area contributed by atoms with E-state index < -0.39 is 10.0 Å². The Labute approximate surface area is 171 Å². The fourth-order valence-electron chi connectivity index (χ4n) is 3.84. The molecule has 0 atom stereocenters. The maximum absolute atomic E-state index is 12.8. The summed E-state index contributed by atoms with van der Waals surface area (Å²) < 4.78 is 33.6. The highest BCUT2D eigenvalue weighted by Crippen LogP contribution is 2.35. The molecule has 1 fully saturated rings. The topological polar surface area (TPSA) is 75.7 Å². The minimum absolute atomic E-state index is 0.116. The number of nitrogens with zero attached hydrogens (tertiary/aromatic N) is 1. The Bertz CT molecular complexity index is 998. The summed E-state index contributed by atoms with van der Waals surface area (Å²) in [7, 11) is -3.73. The van der Waals surface area contributed by atoms with Gasteiger partial charge in [0.1, 0.15) is 5.75 Å². The fourth-order valence-corrected chi connectivity index (χ4v) is 4.89. The molecule has 0 aromatic heterocycles. The summed E-state index contributed by atoms with van der Waals surface area (Å²) in [6, 6.07) is 11.8. The van der Waals surface area contributed by atoms with Gasteiger partial charge in [-0.25, -0.2) is 8.42 Å². The molecule has 0 unspecified atom stereocenters. The average molecular weight is 415 g/mol. The number of nitrogens with one attached hydrogen (secondary N) is 1. The molecule has 1 heterocycles. The molecule has 6 nitrogen and oxygen atoms in total. The monoisotopic (exact) mass is 414 g/mol. The van der Waals surface area contributed by atoms with Gasteiger partial charge in [-0.15, -0.1) is 0 Å². The molecule has 154 valence electrons. The number of carbonyl (C=O) groups is 1. The van der Waals surface area contributed by atoms with Crippen LogP contribution in [0, 0.1) is 5.92 Å². The van der Waals surface area contributed by atoms with Crippen molar-refractivity contribution in [2.45, 2.75) is 43.9 Å². The number of amides is 1. The molecular formula is C22H26N2O4S. The Kier molecular flexibility index (Phi) is 5.50. The highest BCUT2D eigenvalue weighted by Gasteiger charge is 2.32. The molecule has 2 aromatic carbocycles. The molecule has 1 aliphatic carbocycles. The lowest BCUT2D eigenvalue weighted by Crippen LogP contribution is -2.41. The summed E-state index contributed by atoms with van der Waals surface area (Å²) in [5.74, 6) is 0.916. The van der Waals surface area contributed by atoms with E-state index in [-0.39, 0.29) is 16.7 Å². The number of hydrogen-bond acceptors (Lipinski definition) is 4. The summed E-state index contributed by atoms with van der Waals surface area (Å²) in [6.45, 7) is 3.09. The third-order valence-electron chi connectivity index (χ3n) is 5.62. The van der Waals surface area contributed by atoms with Crippen LogP contribution in [0.15, 0.2) is 47.4 Å². The first-order valence-electron chi connectivity index (χ1n) is 10.2. The van der Waals surface area contributed by atoms with Gasteiger partial charge in [0.15, 0.2) is 0 Å². The van der Waals surface area contributed by atoms with Crippen molar-refractivity contribution < 1.29 is 17.9 Å². The van der Waals surface area contributed by atoms with Crippen molar-refractivity contribution in [2.24, 2.45) is 5.92 Å². The van der Waals surface area contributed by atoms with E-state index in [2.05, 4.69) is 4.72 Å². The summed E-state index contributed by atoms with van der Waals surface area (Å²) in [5, 5.41) is 0. The number of carbonyl (C=O) groups excluding carboxylic acids is 1. The van der Waals surface area contributed by atoms with Crippen LogP contribution >= 0.6 is 0 Å². The van der Waals surface area contributed by atoms with E-state index in [1.807, 2.05) is 17.9 Å². The Hall–Kier alpha value is -2.54. The van der Waals surface area contributed by atoms with Crippen molar-refractivity contribution in [3.63, 3.8) is 0 Å². The second-order valence-electron chi connectivity index (χ2n) is 7.57. The van der Waals surface area contributed by atoms with Crippen LogP contribution in [-0.4, -0.2) is 27.5 Å². The molecule has 1 amide bonds. The zero-order valence-corrected chi connectivity index (χ0v) is 17.4. The molecule has 0 bridgehead atoms. The Morgan fingerprint density at radius 2 is 1.90 bits per heavy atom. The first-order valence-corrected chi connectivity index (χ1v) is 11.7. The number of rotatable bonds is 6. The molecule has 1 aliphatic heterocycles. The van der Waals surface area contributed by atoms with E-state index in [0.717, 1.165) is 43.4 Å². The van der Waals surface area contributed by atoms with Gasteiger partial charge >= 0.3 is 0 Å². The zero-order valence-electron chi connectivity index (χ0n) is 16.6. The number of anilines is 2. The molecule has 7 heteroatoms. The van der Waals surface area contributed by atoms with Gasteiger partial charge in [-0.3, -0.25) is 9.52 Å². The highest BCUT2D eigenvalue weighted by molar-refractivity contribution is 7.92. The molecule has 4 rings (SSSR count). The number of hydrogen-bond donors (Lipinski definition) is 1. The second-order valence-corrected chi connectivity index (χ2v) is 9.26. The van der Waals surface area contributed by atoms with Crippen molar-refractivity contribution in [1.29, 1.82) is 0 Å². The number of sulfonamides is 1. The van der Waals surface area contributed by atoms with Gasteiger partial charge in [0.2, 0.25) is 5.91 Å². The summed E-state index contributed by atoms with van der Waals surface area (Å²) in [6.07, 6.45) is 4.85.